The fraction of sp³-hybridized carbons (Fsp3) is 0.333. The summed E-state index contributed by atoms with van der Waals surface area (Å²) in [6, 6.07) is 12.0. The van der Waals surface area contributed by atoms with Crippen molar-refractivity contribution in [1.82, 2.24) is 0 Å². The summed E-state index contributed by atoms with van der Waals surface area (Å²) in [5.74, 6) is -0.986. The molecule has 0 amide bonds. The Labute approximate surface area is 133 Å². The first-order valence-corrected chi connectivity index (χ1v) is 7.88. The van der Waals surface area contributed by atoms with Crippen LogP contribution in [0.25, 0.3) is 0 Å². The quantitative estimate of drug-likeness (QED) is 0.599. The molecule has 112 valence electrons. The van der Waals surface area contributed by atoms with Gasteiger partial charge in [-0.05, 0) is 35.1 Å². The summed E-state index contributed by atoms with van der Waals surface area (Å²) in [5.41, 5.74) is 2.37. The molecule has 2 aromatic rings. The van der Waals surface area contributed by atoms with Crippen LogP contribution in [0.5, 0.6) is 0 Å². The van der Waals surface area contributed by atoms with Crippen molar-refractivity contribution in [3.63, 3.8) is 0 Å². The summed E-state index contributed by atoms with van der Waals surface area (Å²) < 4.78 is 27.6. The van der Waals surface area contributed by atoms with Gasteiger partial charge in [0.05, 0.1) is 0 Å². The average molecular weight is 353 g/mol. The Balaban J connectivity index is 2.36. The highest BCUT2D eigenvalue weighted by Crippen LogP contribution is 2.36. The van der Waals surface area contributed by atoms with Gasteiger partial charge in [-0.15, -0.1) is 0 Å². The lowest BCUT2D eigenvalue weighted by molar-refractivity contribution is 0.551. The van der Waals surface area contributed by atoms with E-state index in [0.717, 1.165) is 5.56 Å². The lowest BCUT2D eigenvalue weighted by Crippen LogP contribution is -2.15. The smallest absolute Gasteiger partial charge is 0.129 e. The molecular formula is C18H19BrF2. The third-order valence-electron chi connectivity index (χ3n) is 3.55. The minimum atomic E-state index is -0.493. The van der Waals surface area contributed by atoms with Crippen molar-refractivity contribution in [2.24, 2.45) is 0 Å². The molecule has 0 nitrogen and oxygen atoms in total. The molecule has 0 N–H and O–H groups in total. The van der Waals surface area contributed by atoms with Crippen molar-refractivity contribution >= 4 is 15.9 Å². The van der Waals surface area contributed by atoms with E-state index in [2.05, 4.69) is 42.8 Å². The highest BCUT2D eigenvalue weighted by Gasteiger charge is 2.22. The van der Waals surface area contributed by atoms with Crippen LogP contribution in [0.4, 0.5) is 8.78 Å². The molecule has 0 fully saturated rings. The molecular weight excluding hydrogens is 334 g/mol. The zero-order valence-electron chi connectivity index (χ0n) is 12.5. The second-order valence-electron chi connectivity index (χ2n) is 6.21. The van der Waals surface area contributed by atoms with Gasteiger partial charge in [-0.3, -0.25) is 0 Å². The van der Waals surface area contributed by atoms with Crippen LogP contribution in [0.1, 0.15) is 42.3 Å². The molecule has 0 aromatic heterocycles. The summed E-state index contributed by atoms with van der Waals surface area (Å²) >= 11 is 3.60. The van der Waals surface area contributed by atoms with E-state index in [1.807, 2.05) is 18.2 Å². The molecule has 2 aromatic carbocycles. The highest BCUT2D eigenvalue weighted by atomic mass is 79.9. The number of hydrogen-bond acceptors (Lipinski definition) is 0. The molecule has 0 aliphatic rings. The van der Waals surface area contributed by atoms with Gasteiger partial charge < -0.3 is 0 Å². The summed E-state index contributed by atoms with van der Waals surface area (Å²) in [7, 11) is 0. The van der Waals surface area contributed by atoms with E-state index in [0.29, 0.717) is 0 Å². The van der Waals surface area contributed by atoms with Crippen molar-refractivity contribution in [2.45, 2.75) is 37.4 Å². The lowest BCUT2D eigenvalue weighted by atomic mass is 9.82. The Morgan fingerprint density at radius 1 is 0.952 bits per heavy atom. The first-order chi connectivity index (χ1) is 9.80. The van der Waals surface area contributed by atoms with E-state index in [1.165, 1.54) is 23.8 Å². The molecule has 0 saturated heterocycles. The van der Waals surface area contributed by atoms with Crippen molar-refractivity contribution in [3.05, 3.63) is 70.8 Å². The first-order valence-electron chi connectivity index (χ1n) is 6.97. The molecule has 0 aliphatic carbocycles. The molecule has 0 radical (unpaired) electrons. The van der Waals surface area contributed by atoms with E-state index >= 15 is 0 Å². The molecule has 0 spiro atoms. The van der Waals surface area contributed by atoms with E-state index in [9.17, 15) is 8.78 Å². The number of alkyl halides is 1. The maximum Gasteiger partial charge on any atom is 0.129 e. The average Bonchev–Trinajstić information content (AvgIpc) is 2.42. The molecule has 0 heterocycles. The molecule has 1 unspecified atom stereocenters. The second kappa shape index (κ2) is 6.27. The van der Waals surface area contributed by atoms with Crippen LogP contribution in [-0.2, 0) is 11.8 Å². The lowest BCUT2D eigenvalue weighted by Gasteiger charge is -2.25. The Morgan fingerprint density at radius 2 is 1.52 bits per heavy atom. The topological polar surface area (TPSA) is 0 Å². The largest absolute Gasteiger partial charge is 0.207 e. The third-order valence-corrected chi connectivity index (χ3v) is 4.37. The Bertz CT molecular complexity index is 609. The van der Waals surface area contributed by atoms with E-state index in [1.54, 1.807) is 0 Å². The van der Waals surface area contributed by atoms with Crippen molar-refractivity contribution in [2.75, 3.05) is 0 Å². The zero-order chi connectivity index (χ0) is 15.6. The van der Waals surface area contributed by atoms with Gasteiger partial charge in [0.15, 0.2) is 0 Å². The van der Waals surface area contributed by atoms with Crippen LogP contribution in [0.15, 0.2) is 42.5 Å². The SMILES string of the molecule is CC(C)(C)c1ccccc1C(Br)Cc1c(F)cccc1F. The summed E-state index contributed by atoms with van der Waals surface area (Å²) in [6.45, 7) is 6.40. The van der Waals surface area contributed by atoms with E-state index in [-0.39, 0.29) is 22.2 Å². The summed E-state index contributed by atoms with van der Waals surface area (Å²) in [4.78, 5) is -0.126. The van der Waals surface area contributed by atoms with Crippen LogP contribution >= 0.6 is 15.9 Å². The van der Waals surface area contributed by atoms with Gasteiger partial charge in [0, 0.05) is 10.4 Å². The predicted octanol–water partition coefficient (Wildman–Crippen LogP) is 5.94. The van der Waals surface area contributed by atoms with Gasteiger partial charge in [0.1, 0.15) is 11.6 Å². The van der Waals surface area contributed by atoms with Gasteiger partial charge in [-0.25, -0.2) is 8.78 Å². The van der Waals surface area contributed by atoms with Crippen LogP contribution < -0.4 is 0 Å². The Morgan fingerprint density at radius 3 is 2.10 bits per heavy atom. The van der Waals surface area contributed by atoms with Crippen molar-refractivity contribution in [3.8, 4) is 0 Å². The predicted molar refractivity (Wildman–Crippen MR) is 86.9 cm³/mol. The first kappa shape index (κ1) is 16.2. The molecule has 3 heteroatoms. The van der Waals surface area contributed by atoms with Gasteiger partial charge in [0.2, 0.25) is 0 Å². The molecule has 21 heavy (non-hydrogen) atoms. The van der Waals surface area contributed by atoms with E-state index in [4.69, 9.17) is 0 Å². The number of hydrogen-bond donors (Lipinski definition) is 0. The zero-order valence-corrected chi connectivity index (χ0v) is 14.0. The standard InChI is InChI=1S/C18H19BrF2/c1-18(2,3)14-8-5-4-7-12(14)15(19)11-13-16(20)9-6-10-17(13)21/h4-10,15H,11H2,1-3H3. The monoisotopic (exact) mass is 352 g/mol. The highest BCUT2D eigenvalue weighted by molar-refractivity contribution is 9.09. The van der Waals surface area contributed by atoms with Crippen LogP contribution in [0.3, 0.4) is 0 Å². The number of benzene rings is 2. The van der Waals surface area contributed by atoms with Crippen LogP contribution in [-0.4, -0.2) is 0 Å². The Hall–Kier alpha value is -1.22. The van der Waals surface area contributed by atoms with E-state index < -0.39 is 11.6 Å². The summed E-state index contributed by atoms with van der Waals surface area (Å²) in [5, 5.41) is 0. The molecule has 2 rings (SSSR count). The fourth-order valence-corrected chi connectivity index (χ4v) is 3.19. The number of rotatable bonds is 3. The molecule has 1 atom stereocenters. The number of halogens is 3. The van der Waals surface area contributed by atoms with Crippen molar-refractivity contribution < 1.29 is 8.78 Å². The third kappa shape index (κ3) is 3.70. The van der Waals surface area contributed by atoms with Gasteiger partial charge in [0.25, 0.3) is 0 Å². The fourth-order valence-electron chi connectivity index (χ4n) is 2.47. The van der Waals surface area contributed by atoms with Crippen LogP contribution in [0.2, 0.25) is 0 Å². The molecule has 0 aliphatic heterocycles. The minimum Gasteiger partial charge on any atom is -0.207 e. The van der Waals surface area contributed by atoms with Crippen molar-refractivity contribution in [1.29, 1.82) is 0 Å². The Kier molecular flexibility index (Phi) is 4.82. The summed E-state index contributed by atoms with van der Waals surface area (Å²) in [6.07, 6.45) is 0.283. The minimum absolute atomic E-state index is 0.0175. The molecule has 0 saturated carbocycles. The maximum absolute atomic E-state index is 13.8. The molecule has 0 bridgehead atoms. The second-order valence-corrected chi connectivity index (χ2v) is 7.31. The maximum atomic E-state index is 13.8. The van der Waals surface area contributed by atoms with Gasteiger partial charge >= 0.3 is 0 Å². The van der Waals surface area contributed by atoms with Crippen LogP contribution in [0, 0.1) is 11.6 Å². The van der Waals surface area contributed by atoms with Gasteiger partial charge in [-0.1, -0.05) is 67.0 Å². The normalized spacial score (nSPS) is 13.2. The van der Waals surface area contributed by atoms with Gasteiger partial charge in [-0.2, -0.15) is 0 Å².